The fraction of sp³-hybridized carbons (Fsp3) is 0.500. The summed E-state index contributed by atoms with van der Waals surface area (Å²) in [4.78, 5) is 39.9. The number of carbonyl (C=O) groups is 3. The Morgan fingerprint density at radius 3 is 2.44 bits per heavy atom. The van der Waals surface area contributed by atoms with Gasteiger partial charge in [0, 0.05) is 13.1 Å². The van der Waals surface area contributed by atoms with Crippen molar-refractivity contribution in [1.82, 2.24) is 4.90 Å². The number of nitrogens with zero attached hydrogens (tertiary/aromatic N) is 2. The highest BCUT2D eigenvalue weighted by atomic mass is 16.5. The summed E-state index contributed by atoms with van der Waals surface area (Å²) in [5.41, 5.74) is 0.842. The molecule has 3 rings (SSSR count). The molecule has 0 aliphatic carbocycles. The van der Waals surface area contributed by atoms with E-state index in [1.807, 2.05) is 4.90 Å². The van der Waals surface area contributed by atoms with Gasteiger partial charge in [0.2, 0.25) is 5.91 Å². The van der Waals surface area contributed by atoms with Crippen LogP contribution in [0.2, 0.25) is 0 Å². The van der Waals surface area contributed by atoms with E-state index >= 15 is 0 Å². The maximum atomic E-state index is 12.7. The number of carbonyl (C=O) groups excluding carboxylic acids is 3. The molecule has 2 aliphatic rings. The molecule has 7 heteroatoms. The Bertz CT molecular complexity index is 665. The Balaban J connectivity index is 1.73. The number of likely N-dealkylation sites (tertiary alicyclic amines) is 1. The third-order valence-corrected chi connectivity index (χ3v) is 4.70. The third kappa shape index (κ3) is 3.57. The first-order chi connectivity index (χ1) is 12.0. The number of amides is 2. The summed E-state index contributed by atoms with van der Waals surface area (Å²) < 4.78 is 4.93. The highest BCUT2D eigenvalue weighted by molar-refractivity contribution is 6.22. The van der Waals surface area contributed by atoms with Crippen LogP contribution in [0.1, 0.15) is 36.5 Å². The Labute approximate surface area is 146 Å². The topological polar surface area (TPSA) is 87.2 Å². The Hall–Kier alpha value is -2.25. The fourth-order valence-electron chi connectivity index (χ4n) is 3.33. The lowest BCUT2D eigenvalue weighted by Crippen LogP contribution is -2.46. The SMILES string of the molecule is CCOC(=O)c1ccc(N2C(=O)C[C@@H](N3CCC(O)CC3)C2=O)cc1. The highest BCUT2D eigenvalue weighted by Gasteiger charge is 2.43. The van der Waals surface area contributed by atoms with Crippen LogP contribution in [0.15, 0.2) is 24.3 Å². The smallest absolute Gasteiger partial charge is 0.338 e. The number of imide groups is 1. The third-order valence-electron chi connectivity index (χ3n) is 4.70. The minimum Gasteiger partial charge on any atom is -0.462 e. The van der Waals surface area contributed by atoms with Crippen molar-refractivity contribution in [3.8, 4) is 0 Å². The van der Waals surface area contributed by atoms with Crippen LogP contribution >= 0.6 is 0 Å². The zero-order valence-electron chi connectivity index (χ0n) is 14.2. The van der Waals surface area contributed by atoms with Gasteiger partial charge < -0.3 is 9.84 Å². The van der Waals surface area contributed by atoms with Crippen LogP contribution in [0, 0.1) is 0 Å². The number of ether oxygens (including phenoxy) is 1. The molecule has 2 aliphatic heterocycles. The maximum absolute atomic E-state index is 12.7. The number of hydrogen-bond acceptors (Lipinski definition) is 6. The standard InChI is InChI=1S/C18H22N2O5/c1-2-25-18(24)12-3-5-13(6-4-12)20-16(22)11-15(17(20)23)19-9-7-14(21)8-10-19/h3-6,14-15,21H,2,7-11H2,1H3/t15-/m1/s1. The van der Waals surface area contributed by atoms with Crippen molar-refractivity contribution in [3.63, 3.8) is 0 Å². The molecule has 7 nitrogen and oxygen atoms in total. The number of aliphatic hydroxyl groups is 1. The van der Waals surface area contributed by atoms with Gasteiger partial charge in [-0.25, -0.2) is 9.69 Å². The fourth-order valence-corrected chi connectivity index (χ4v) is 3.33. The van der Waals surface area contributed by atoms with Crippen molar-refractivity contribution in [2.45, 2.75) is 38.3 Å². The zero-order chi connectivity index (χ0) is 18.0. The van der Waals surface area contributed by atoms with Crippen molar-refractivity contribution in [3.05, 3.63) is 29.8 Å². The average Bonchev–Trinajstić information content (AvgIpc) is 2.90. The molecule has 1 atom stereocenters. The van der Waals surface area contributed by atoms with E-state index in [1.165, 1.54) is 4.90 Å². The number of piperidine rings is 1. The van der Waals surface area contributed by atoms with E-state index < -0.39 is 12.0 Å². The lowest BCUT2D eigenvalue weighted by Gasteiger charge is -2.32. The molecule has 1 aromatic carbocycles. The van der Waals surface area contributed by atoms with Crippen LogP contribution < -0.4 is 4.90 Å². The summed E-state index contributed by atoms with van der Waals surface area (Å²) in [6.45, 7) is 3.24. The predicted molar refractivity (Wildman–Crippen MR) is 90.1 cm³/mol. The summed E-state index contributed by atoms with van der Waals surface area (Å²) in [6.07, 6.45) is 1.06. The minimum atomic E-state index is -0.468. The van der Waals surface area contributed by atoms with Gasteiger partial charge in [-0.3, -0.25) is 14.5 Å². The molecule has 0 radical (unpaired) electrons. The van der Waals surface area contributed by atoms with Crippen LogP contribution in [0.3, 0.4) is 0 Å². The van der Waals surface area contributed by atoms with Gasteiger partial charge in [-0.05, 0) is 44.0 Å². The van der Waals surface area contributed by atoms with Crippen LogP contribution in [-0.4, -0.2) is 59.6 Å². The molecule has 2 fully saturated rings. The second-order valence-corrected chi connectivity index (χ2v) is 6.32. The molecule has 25 heavy (non-hydrogen) atoms. The first kappa shape index (κ1) is 17.6. The molecule has 0 aromatic heterocycles. The Morgan fingerprint density at radius 1 is 1.20 bits per heavy atom. The van der Waals surface area contributed by atoms with Crippen LogP contribution in [0.5, 0.6) is 0 Å². The number of aliphatic hydroxyl groups excluding tert-OH is 1. The van der Waals surface area contributed by atoms with Crippen LogP contribution in [0.25, 0.3) is 0 Å². The van der Waals surface area contributed by atoms with E-state index in [0.29, 0.717) is 37.2 Å². The lowest BCUT2D eigenvalue weighted by atomic mass is 10.1. The molecule has 1 N–H and O–H groups in total. The van der Waals surface area contributed by atoms with E-state index in [4.69, 9.17) is 4.74 Å². The molecule has 134 valence electrons. The molecule has 0 spiro atoms. The van der Waals surface area contributed by atoms with Gasteiger partial charge in [-0.1, -0.05) is 0 Å². The number of rotatable bonds is 4. The number of anilines is 1. The highest BCUT2D eigenvalue weighted by Crippen LogP contribution is 2.27. The van der Waals surface area contributed by atoms with Gasteiger partial charge in [0.15, 0.2) is 0 Å². The molecule has 2 saturated heterocycles. The lowest BCUT2D eigenvalue weighted by molar-refractivity contribution is -0.123. The zero-order valence-corrected chi connectivity index (χ0v) is 14.2. The summed E-state index contributed by atoms with van der Waals surface area (Å²) >= 11 is 0. The summed E-state index contributed by atoms with van der Waals surface area (Å²) in [7, 11) is 0. The van der Waals surface area contributed by atoms with Gasteiger partial charge in [0.05, 0.1) is 36.4 Å². The maximum Gasteiger partial charge on any atom is 0.338 e. The van der Waals surface area contributed by atoms with E-state index in [1.54, 1.807) is 31.2 Å². The Morgan fingerprint density at radius 2 is 1.84 bits per heavy atom. The van der Waals surface area contributed by atoms with Crippen molar-refractivity contribution in [1.29, 1.82) is 0 Å². The van der Waals surface area contributed by atoms with Gasteiger partial charge in [0.25, 0.3) is 5.91 Å². The normalized spacial score (nSPS) is 22.5. The second-order valence-electron chi connectivity index (χ2n) is 6.32. The molecule has 2 heterocycles. The largest absolute Gasteiger partial charge is 0.462 e. The average molecular weight is 346 g/mol. The molecule has 0 bridgehead atoms. The van der Waals surface area contributed by atoms with Gasteiger partial charge in [-0.2, -0.15) is 0 Å². The van der Waals surface area contributed by atoms with E-state index in [0.717, 1.165) is 0 Å². The molecule has 1 aromatic rings. The predicted octanol–water partition coefficient (Wildman–Crippen LogP) is 0.952. The van der Waals surface area contributed by atoms with Crippen molar-refractivity contribution >= 4 is 23.5 Å². The van der Waals surface area contributed by atoms with Crippen molar-refractivity contribution in [2.75, 3.05) is 24.6 Å². The second kappa shape index (κ2) is 7.33. The van der Waals surface area contributed by atoms with Crippen LogP contribution in [-0.2, 0) is 14.3 Å². The minimum absolute atomic E-state index is 0.147. The van der Waals surface area contributed by atoms with Crippen LogP contribution in [0.4, 0.5) is 5.69 Å². The summed E-state index contributed by atoms with van der Waals surface area (Å²) in [5.74, 6) is -0.923. The monoisotopic (exact) mass is 346 g/mol. The van der Waals surface area contributed by atoms with Crippen molar-refractivity contribution < 1.29 is 24.2 Å². The molecule has 0 saturated carbocycles. The quantitative estimate of drug-likeness (QED) is 0.645. The summed E-state index contributed by atoms with van der Waals surface area (Å²) in [6, 6.07) is 5.82. The molecular weight excluding hydrogens is 324 g/mol. The molecular formula is C18H22N2O5. The van der Waals surface area contributed by atoms with Gasteiger partial charge >= 0.3 is 5.97 Å². The first-order valence-corrected chi connectivity index (χ1v) is 8.57. The molecule has 0 unspecified atom stereocenters. The summed E-state index contributed by atoms with van der Waals surface area (Å²) in [5, 5.41) is 9.60. The Kier molecular flexibility index (Phi) is 5.15. The van der Waals surface area contributed by atoms with E-state index in [9.17, 15) is 19.5 Å². The number of hydrogen-bond donors (Lipinski definition) is 1. The van der Waals surface area contributed by atoms with Gasteiger partial charge in [0.1, 0.15) is 0 Å². The van der Waals surface area contributed by atoms with E-state index in [-0.39, 0.29) is 30.9 Å². The molecule has 2 amide bonds. The first-order valence-electron chi connectivity index (χ1n) is 8.57. The number of esters is 1. The number of benzene rings is 1. The van der Waals surface area contributed by atoms with Gasteiger partial charge in [-0.15, -0.1) is 0 Å². The van der Waals surface area contributed by atoms with Crippen molar-refractivity contribution in [2.24, 2.45) is 0 Å². The van der Waals surface area contributed by atoms with E-state index in [2.05, 4.69) is 0 Å².